The number of hydrogen-bond donors (Lipinski definition) is 1. The maximum Gasteiger partial charge on any atom is 0.224 e. The lowest BCUT2D eigenvalue weighted by Crippen LogP contribution is -2.51. The highest BCUT2D eigenvalue weighted by Gasteiger charge is 2.33. The summed E-state index contributed by atoms with van der Waals surface area (Å²) in [5.74, 6) is -0.233. The zero-order valence-electron chi connectivity index (χ0n) is 14.8. The SMILES string of the molecule is CCS(=O)(=O)N1CCCC(C(=O)NC(C)(C)Cc2ccccc2)C1. The number of sulfonamides is 1. The highest BCUT2D eigenvalue weighted by Crippen LogP contribution is 2.21. The van der Waals surface area contributed by atoms with Gasteiger partial charge in [0.25, 0.3) is 0 Å². The molecule has 1 aliphatic heterocycles. The fourth-order valence-electron chi connectivity index (χ4n) is 3.18. The molecule has 134 valence electrons. The maximum atomic E-state index is 12.6. The standard InChI is InChI=1S/C18H28N2O3S/c1-4-24(22,23)20-12-8-11-16(14-20)17(21)19-18(2,3)13-15-9-6-5-7-10-15/h5-7,9-10,16H,4,8,11-14H2,1-3H3,(H,19,21). The van der Waals surface area contributed by atoms with E-state index in [0.717, 1.165) is 19.3 Å². The summed E-state index contributed by atoms with van der Waals surface area (Å²) in [4.78, 5) is 12.6. The first-order chi connectivity index (χ1) is 11.2. The number of hydrogen-bond acceptors (Lipinski definition) is 3. The van der Waals surface area contributed by atoms with Gasteiger partial charge < -0.3 is 5.32 Å². The predicted molar refractivity (Wildman–Crippen MR) is 96.1 cm³/mol. The van der Waals surface area contributed by atoms with E-state index >= 15 is 0 Å². The summed E-state index contributed by atoms with van der Waals surface area (Å²) in [6.45, 7) is 6.46. The van der Waals surface area contributed by atoms with E-state index in [4.69, 9.17) is 0 Å². The topological polar surface area (TPSA) is 66.5 Å². The van der Waals surface area contributed by atoms with Gasteiger partial charge in [-0.05, 0) is 45.6 Å². The van der Waals surface area contributed by atoms with Gasteiger partial charge in [-0.15, -0.1) is 0 Å². The van der Waals surface area contributed by atoms with Gasteiger partial charge in [-0.1, -0.05) is 30.3 Å². The average molecular weight is 353 g/mol. The summed E-state index contributed by atoms with van der Waals surface area (Å²) in [7, 11) is -3.23. The van der Waals surface area contributed by atoms with Crippen LogP contribution < -0.4 is 5.32 Å². The van der Waals surface area contributed by atoms with E-state index in [0.29, 0.717) is 13.1 Å². The third kappa shape index (κ3) is 5.05. The van der Waals surface area contributed by atoms with Crippen LogP contribution >= 0.6 is 0 Å². The van der Waals surface area contributed by atoms with Crippen LogP contribution in [0.4, 0.5) is 0 Å². The Kier molecular flexibility index (Phi) is 6.04. The van der Waals surface area contributed by atoms with Crippen molar-refractivity contribution < 1.29 is 13.2 Å². The van der Waals surface area contributed by atoms with E-state index in [-0.39, 0.29) is 23.1 Å². The lowest BCUT2D eigenvalue weighted by molar-refractivity contribution is -0.127. The molecule has 2 rings (SSSR count). The number of benzene rings is 1. The molecule has 1 unspecified atom stereocenters. The summed E-state index contributed by atoms with van der Waals surface area (Å²) < 4.78 is 25.5. The summed E-state index contributed by atoms with van der Waals surface area (Å²) >= 11 is 0. The zero-order chi connectivity index (χ0) is 17.8. The summed E-state index contributed by atoms with van der Waals surface area (Å²) in [5.41, 5.74) is 0.797. The highest BCUT2D eigenvalue weighted by molar-refractivity contribution is 7.89. The molecule has 1 amide bonds. The van der Waals surface area contributed by atoms with Crippen LogP contribution in [0.2, 0.25) is 0 Å². The summed E-state index contributed by atoms with van der Waals surface area (Å²) in [5, 5.41) is 3.10. The molecule has 1 atom stereocenters. The van der Waals surface area contributed by atoms with Crippen molar-refractivity contribution >= 4 is 15.9 Å². The first kappa shape index (κ1) is 18.9. The van der Waals surface area contributed by atoms with Crippen LogP contribution in [0.3, 0.4) is 0 Å². The van der Waals surface area contributed by atoms with Gasteiger partial charge in [-0.2, -0.15) is 0 Å². The Hall–Kier alpha value is -1.40. The maximum absolute atomic E-state index is 12.6. The molecule has 1 N–H and O–H groups in total. The van der Waals surface area contributed by atoms with Crippen LogP contribution in [0.25, 0.3) is 0 Å². The van der Waals surface area contributed by atoms with Gasteiger partial charge in [0, 0.05) is 18.6 Å². The van der Waals surface area contributed by atoms with Gasteiger partial charge in [-0.3, -0.25) is 4.79 Å². The van der Waals surface area contributed by atoms with Crippen molar-refractivity contribution in [1.29, 1.82) is 0 Å². The van der Waals surface area contributed by atoms with Crippen molar-refractivity contribution in [2.75, 3.05) is 18.8 Å². The lowest BCUT2D eigenvalue weighted by atomic mass is 9.92. The molecule has 1 aliphatic rings. The van der Waals surface area contributed by atoms with E-state index in [1.807, 2.05) is 44.2 Å². The first-order valence-corrected chi connectivity index (χ1v) is 10.2. The van der Waals surface area contributed by atoms with Crippen LogP contribution in [0, 0.1) is 5.92 Å². The molecule has 24 heavy (non-hydrogen) atoms. The Morgan fingerprint density at radius 1 is 1.29 bits per heavy atom. The molecule has 1 aromatic carbocycles. The molecular formula is C18H28N2O3S. The molecule has 1 aromatic rings. The third-order valence-corrected chi connectivity index (χ3v) is 6.31. The summed E-state index contributed by atoms with van der Waals surface area (Å²) in [6, 6.07) is 10.0. The van der Waals surface area contributed by atoms with Crippen molar-refractivity contribution in [2.24, 2.45) is 5.92 Å². The molecule has 0 bridgehead atoms. The fourth-order valence-corrected chi connectivity index (χ4v) is 4.36. The number of piperidine rings is 1. The number of nitrogens with one attached hydrogen (secondary N) is 1. The highest BCUT2D eigenvalue weighted by atomic mass is 32.2. The van der Waals surface area contributed by atoms with Crippen molar-refractivity contribution in [3.05, 3.63) is 35.9 Å². The summed E-state index contributed by atoms with van der Waals surface area (Å²) in [6.07, 6.45) is 2.21. The van der Waals surface area contributed by atoms with E-state index in [2.05, 4.69) is 5.32 Å². The minimum Gasteiger partial charge on any atom is -0.351 e. The molecule has 0 aliphatic carbocycles. The second-order valence-corrected chi connectivity index (χ2v) is 9.39. The third-order valence-electron chi connectivity index (χ3n) is 4.46. The Morgan fingerprint density at radius 2 is 1.96 bits per heavy atom. The van der Waals surface area contributed by atoms with Crippen LogP contribution in [0.5, 0.6) is 0 Å². The molecular weight excluding hydrogens is 324 g/mol. The molecule has 0 saturated carbocycles. The van der Waals surface area contributed by atoms with Gasteiger partial charge >= 0.3 is 0 Å². The quantitative estimate of drug-likeness (QED) is 0.853. The smallest absolute Gasteiger partial charge is 0.224 e. The van der Waals surface area contributed by atoms with Gasteiger partial charge in [-0.25, -0.2) is 12.7 Å². The number of carbonyl (C=O) groups excluding carboxylic acids is 1. The molecule has 0 aromatic heterocycles. The number of rotatable bonds is 6. The Bertz CT molecular complexity index is 656. The minimum absolute atomic E-state index is 0.0491. The van der Waals surface area contributed by atoms with Gasteiger partial charge in [0.2, 0.25) is 15.9 Å². The average Bonchev–Trinajstić information content (AvgIpc) is 2.55. The van der Waals surface area contributed by atoms with Crippen LogP contribution in [0.15, 0.2) is 30.3 Å². The van der Waals surface area contributed by atoms with Crippen molar-refractivity contribution in [1.82, 2.24) is 9.62 Å². The molecule has 0 radical (unpaired) electrons. The molecule has 1 heterocycles. The van der Waals surface area contributed by atoms with Crippen LogP contribution in [-0.4, -0.2) is 43.0 Å². The zero-order valence-corrected chi connectivity index (χ0v) is 15.6. The molecule has 1 saturated heterocycles. The van der Waals surface area contributed by atoms with Crippen molar-refractivity contribution in [3.63, 3.8) is 0 Å². The molecule has 1 fully saturated rings. The van der Waals surface area contributed by atoms with Crippen molar-refractivity contribution in [2.45, 2.75) is 45.6 Å². The Balaban J connectivity index is 1.98. The van der Waals surface area contributed by atoms with E-state index < -0.39 is 10.0 Å². The molecule has 0 spiro atoms. The van der Waals surface area contributed by atoms with Gasteiger partial charge in [0.15, 0.2) is 0 Å². The lowest BCUT2D eigenvalue weighted by Gasteiger charge is -2.34. The Labute approximate surface area is 145 Å². The number of nitrogens with zero attached hydrogens (tertiary/aromatic N) is 1. The largest absolute Gasteiger partial charge is 0.351 e. The Morgan fingerprint density at radius 3 is 2.58 bits per heavy atom. The first-order valence-electron chi connectivity index (χ1n) is 8.57. The number of amides is 1. The predicted octanol–water partition coefficient (Wildman–Crippen LogP) is 2.19. The normalized spacial score (nSPS) is 19.9. The minimum atomic E-state index is -3.23. The van der Waals surface area contributed by atoms with Crippen molar-refractivity contribution in [3.8, 4) is 0 Å². The molecule has 5 nitrogen and oxygen atoms in total. The van der Waals surface area contributed by atoms with Gasteiger partial charge in [0.05, 0.1) is 11.7 Å². The monoisotopic (exact) mass is 352 g/mol. The van der Waals surface area contributed by atoms with Crippen LogP contribution in [-0.2, 0) is 21.2 Å². The van der Waals surface area contributed by atoms with E-state index in [1.165, 1.54) is 9.87 Å². The van der Waals surface area contributed by atoms with E-state index in [9.17, 15) is 13.2 Å². The fraction of sp³-hybridized carbons (Fsp3) is 0.611. The van der Waals surface area contributed by atoms with Crippen LogP contribution in [0.1, 0.15) is 39.2 Å². The van der Waals surface area contributed by atoms with Gasteiger partial charge in [0.1, 0.15) is 0 Å². The second-order valence-electron chi connectivity index (χ2n) is 7.13. The molecule has 6 heteroatoms. The second kappa shape index (κ2) is 7.66. The number of carbonyl (C=O) groups is 1. The van der Waals surface area contributed by atoms with E-state index in [1.54, 1.807) is 6.92 Å².